The Hall–Kier alpha value is -2.15. The van der Waals surface area contributed by atoms with E-state index in [0.29, 0.717) is 15.0 Å². The third-order valence-corrected chi connectivity index (χ3v) is 6.47. The van der Waals surface area contributed by atoms with Crippen LogP contribution >= 0.6 is 34.3 Å². The molecule has 0 bridgehead atoms. The number of halogens is 1. The van der Waals surface area contributed by atoms with Gasteiger partial charge in [-0.15, -0.1) is 11.3 Å². The molecule has 4 aromatic rings. The van der Waals surface area contributed by atoms with Crippen molar-refractivity contribution in [2.24, 2.45) is 0 Å². The van der Waals surface area contributed by atoms with Crippen LogP contribution < -0.4 is 10.1 Å². The lowest BCUT2D eigenvalue weighted by atomic mass is 10.1. The van der Waals surface area contributed by atoms with Gasteiger partial charge in [-0.3, -0.25) is 10.1 Å². The van der Waals surface area contributed by atoms with Crippen molar-refractivity contribution in [3.05, 3.63) is 51.9 Å². The molecule has 0 radical (unpaired) electrons. The Bertz CT molecular complexity index is 1120. The molecular weight excluding hydrogens is 376 g/mol. The highest BCUT2D eigenvalue weighted by Gasteiger charge is 2.19. The molecule has 0 saturated heterocycles. The van der Waals surface area contributed by atoms with E-state index in [-0.39, 0.29) is 5.91 Å². The number of methoxy groups -OCH3 is 1. The Kier molecular flexibility index (Phi) is 4.11. The molecule has 4 rings (SSSR count). The SMILES string of the molecule is COc1ccc2nc(NC(=O)c3sc4cccc(C)c4c3Cl)sc2c1. The topological polar surface area (TPSA) is 51.2 Å². The monoisotopic (exact) mass is 388 g/mol. The number of fused-ring (bicyclic) bond motifs is 2. The van der Waals surface area contributed by atoms with Gasteiger partial charge in [0.15, 0.2) is 5.13 Å². The number of nitrogens with one attached hydrogen (secondary N) is 1. The molecule has 1 amide bonds. The second-order valence-electron chi connectivity index (χ2n) is 5.50. The Morgan fingerprint density at radius 2 is 2.04 bits per heavy atom. The highest BCUT2D eigenvalue weighted by atomic mass is 35.5. The third kappa shape index (κ3) is 2.86. The number of nitrogens with zero attached hydrogens (tertiary/aromatic N) is 1. The number of hydrogen-bond acceptors (Lipinski definition) is 5. The number of amides is 1. The summed E-state index contributed by atoms with van der Waals surface area (Å²) in [6.45, 7) is 1.99. The van der Waals surface area contributed by atoms with Gasteiger partial charge < -0.3 is 4.74 Å². The van der Waals surface area contributed by atoms with Crippen molar-refractivity contribution < 1.29 is 9.53 Å². The first-order valence-electron chi connectivity index (χ1n) is 7.50. The Labute approximate surface area is 157 Å². The maximum atomic E-state index is 12.7. The first-order chi connectivity index (χ1) is 12.1. The van der Waals surface area contributed by atoms with Crippen molar-refractivity contribution in [1.29, 1.82) is 0 Å². The Balaban J connectivity index is 1.68. The molecule has 2 heterocycles. The number of ether oxygens (including phenoxy) is 1. The molecule has 0 aliphatic carbocycles. The molecule has 0 fully saturated rings. The number of thiazole rings is 1. The van der Waals surface area contributed by atoms with Gasteiger partial charge in [0.1, 0.15) is 10.6 Å². The van der Waals surface area contributed by atoms with Gasteiger partial charge in [0.25, 0.3) is 5.91 Å². The molecule has 2 aromatic heterocycles. The molecule has 0 aliphatic rings. The summed E-state index contributed by atoms with van der Waals surface area (Å²) >= 11 is 9.25. The lowest BCUT2D eigenvalue weighted by Crippen LogP contribution is -2.10. The van der Waals surface area contributed by atoms with Gasteiger partial charge in [0.2, 0.25) is 0 Å². The van der Waals surface area contributed by atoms with Gasteiger partial charge in [-0.1, -0.05) is 35.1 Å². The molecule has 0 saturated carbocycles. The summed E-state index contributed by atoms with van der Waals surface area (Å²) in [5, 5.41) is 4.84. The van der Waals surface area contributed by atoms with E-state index in [2.05, 4.69) is 10.3 Å². The molecule has 0 spiro atoms. The number of rotatable bonds is 3. The fraction of sp³-hybridized carbons (Fsp3) is 0.111. The minimum atomic E-state index is -0.239. The summed E-state index contributed by atoms with van der Waals surface area (Å²) in [5.41, 5.74) is 1.88. The summed E-state index contributed by atoms with van der Waals surface area (Å²) in [6, 6.07) is 11.5. The average Bonchev–Trinajstić information content (AvgIpc) is 3.15. The minimum Gasteiger partial charge on any atom is -0.497 e. The zero-order valence-electron chi connectivity index (χ0n) is 13.4. The van der Waals surface area contributed by atoms with Crippen molar-refractivity contribution in [1.82, 2.24) is 4.98 Å². The van der Waals surface area contributed by atoms with Gasteiger partial charge in [-0.25, -0.2) is 4.98 Å². The first kappa shape index (κ1) is 16.3. The van der Waals surface area contributed by atoms with Crippen LogP contribution in [0.25, 0.3) is 20.3 Å². The van der Waals surface area contributed by atoms with Crippen molar-refractivity contribution in [3.8, 4) is 5.75 Å². The molecule has 126 valence electrons. The smallest absolute Gasteiger partial charge is 0.269 e. The van der Waals surface area contributed by atoms with E-state index in [9.17, 15) is 4.79 Å². The number of hydrogen-bond donors (Lipinski definition) is 1. The molecule has 25 heavy (non-hydrogen) atoms. The first-order valence-corrected chi connectivity index (χ1v) is 9.51. The lowest BCUT2D eigenvalue weighted by molar-refractivity contribution is 0.103. The predicted octanol–water partition coefficient (Wildman–Crippen LogP) is 5.73. The number of carbonyl (C=O) groups excluding carboxylic acids is 1. The molecule has 0 atom stereocenters. The Morgan fingerprint density at radius 3 is 2.80 bits per heavy atom. The molecule has 2 aromatic carbocycles. The molecule has 0 aliphatic heterocycles. The van der Waals surface area contributed by atoms with Crippen molar-refractivity contribution in [2.45, 2.75) is 6.92 Å². The summed E-state index contributed by atoms with van der Waals surface area (Å²) in [4.78, 5) is 17.6. The molecule has 4 nitrogen and oxygen atoms in total. The van der Waals surface area contributed by atoms with Crippen molar-refractivity contribution in [2.75, 3.05) is 12.4 Å². The van der Waals surface area contributed by atoms with E-state index >= 15 is 0 Å². The zero-order chi connectivity index (χ0) is 17.6. The van der Waals surface area contributed by atoms with Gasteiger partial charge in [-0.05, 0) is 36.8 Å². The van der Waals surface area contributed by atoms with Crippen LogP contribution in [0.2, 0.25) is 5.02 Å². The number of thiophene rings is 1. The summed E-state index contributed by atoms with van der Waals surface area (Å²) in [5.74, 6) is 0.522. The second kappa shape index (κ2) is 6.29. The zero-order valence-corrected chi connectivity index (χ0v) is 15.8. The van der Waals surface area contributed by atoms with Crippen molar-refractivity contribution in [3.63, 3.8) is 0 Å². The Morgan fingerprint density at radius 1 is 1.20 bits per heavy atom. The summed E-state index contributed by atoms with van der Waals surface area (Å²) in [6.07, 6.45) is 0. The second-order valence-corrected chi connectivity index (χ2v) is 7.96. The quantitative estimate of drug-likeness (QED) is 0.487. The number of aryl methyl sites for hydroxylation is 1. The van der Waals surface area contributed by atoms with E-state index in [1.807, 2.05) is 43.3 Å². The molecular formula is C18H13ClN2O2S2. The van der Waals surface area contributed by atoms with Crippen LogP contribution in [0.3, 0.4) is 0 Å². The normalized spacial score (nSPS) is 11.2. The molecule has 7 heteroatoms. The van der Waals surface area contributed by atoms with Crippen LogP contribution in [0.4, 0.5) is 5.13 Å². The fourth-order valence-electron chi connectivity index (χ4n) is 2.66. The van der Waals surface area contributed by atoms with E-state index in [1.165, 1.54) is 22.7 Å². The van der Waals surface area contributed by atoms with Gasteiger partial charge in [-0.2, -0.15) is 0 Å². The van der Waals surface area contributed by atoms with Crippen LogP contribution in [0.15, 0.2) is 36.4 Å². The predicted molar refractivity (Wildman–Crippen MR) is 106 cm³/mol. The summed E-state index contributed by atoms with van der Waals surface area (Å²) < 4.78 is 7.17. The van der Waals surface area contributed by atoms with E-state index in [0.717, 1.165) is 31.6 Å². The van der Waals surface area contributed by atoms with Crippen LogP contribution in [0.5, 0.6) is 5.75 Å². The van der Waals surface area contributed by atoms with E-state index in [4.69, 9.17) is 16.3 Å². The average molecular weight is 389 g/mol. The summed E-state index contributed by atoms with van der Waals surface area (Å²) in [7, 11) is 1.62. The van der Waals surface area contributed by atoms with E-state index < -0.39 is 0 Å². The maximum Gasteiger partial charge on any atom is 0.269 e. The number of anilines is 1. The van der Waals surface area contributed by atoms with Crippen molar-refractivity contribution >= 4 is 65.6 Å². The van der Waals surface area contributed by atoms with Crippen LogP contribution in [-0.2, 0) is 0 Å². The standard InChI is InChI=1S/C18H13ClN2O2S2/c1-9-4-3-5-12-14(9)15(19)16(24-12)17(22)21-18-20-11-7-6-10(23-2)8-13(11)25-18/h3-8H,1-2H3,(H,20,21,22). The number of carbonyl (C=O) groups is 1. The van der Waals surface area contributed by atoms with Crippen LogP contribution in [0.1, 0.15) is 15.2 Å². The number of aromatic nitrogens is 1. The molecule has 1 N–H and O–H groups in total. The minimum absolute atomic E-state index is 0.239. The highest BCUT2D eigenvalue weighted by Crippen LogP contribution is 2.38. The number of benzene rings is 2. The highest BCUT2D eigenvalue weighted by molar-refractivity contribution is 7.23. The van der Waals surface area contributed by atoms with Crippen LogP contribution in [0, 0.1) is 6.92 Å². The van der Waals surface area contributed by atoms with Gasteiger partial charge >= 0.3 is 0 Å². The van der Waals surface area contributed by atoms with Gasteiger partial charge in [0.05, 0.1) is 22.3 Å². The fourth-order valence-corrected chi connectivity index (χ4v) is 5.13. The maximum absolute atomic E-state index is 12.7. The molecule has 0 unspecified atom stereocenters. The third-order valence-electron chi connectivity index (χ3n) is 3.89. The lowest BCUT2D eigenvalue weighted by Gasteiger charge is -1.99. The van der Waals surface area contributed by atoms with Crippen LogP contribution in [-0.4, -0.2) is 18.0 Å². The largest absolute Gasteiger partial charge is 0.497 e. The van der Waals surface area contributed by atoms with E-state index in [1.54, 1.807) is 7.11 Å². The van der Waals surface area contributed by atoms with Gasteiger partial charge in [0, 0.05) is 10.1 Å².